The van der Waals surface area contributed by atoms with Crippen molar-refractivity contribution in [3.05, 3.63) is 34.6 Å². The van der Waals surface area contributed by atoms with Crippen molar-refractivity contribution in [2.45, 2.75) is 20.4 Å². The standard InChI is InChI=1S/C16H22ClFN2O2S/c1-4-20(5-2)16(22)11-23-10-15(21)19(3)9-12-13(17)7-6-8-14(12)18/h6-8H,4-5,9-11H2,1-3H3. The van der Waals surface area contributed by atoms with E-state index in [1.807, 2.05) is 13.8 Å². The smallest absolute Gasteiger partial charge is 0.232 e. The zero-order valence-corrected chi connectivity index (χ0v) is 15.2. The van der Waals surface area contributed by atoms with Crippen LogP contribution in [0.4, 0.5) is 4.39 Å². The number of carbonyl (C=O) groups excluding carboxylic acids is 2. The molecular weight excluding hydrogens is 339 g/mol. The number of hydrogen-bond donors (Lipinski definition) is 0. The van der Waals surface area contributed by atoms with Crippen molar-refractivity contribution in [1.29, 1.82) is 0 Å². The van der Waals surface area contributed by atoms with Gasteiger partial charge >= 0.3 is 0 Å². The van der Waals surface area contributed by atoms with Gasteiger partial charge < -0.3 is 9.80 Å². The molecule has 0 aliphatic heterocycles. The second-order valence-corrected chi connectivity index (χ2v) is 6.40. The van der Waals surface area contributed by atoms with Crippen molar-refractivity contribution in [2.75, 3.05) is 31.6 Å². The number of nitrogens with zero attached hydrogens (tertiary/aromatic N) is 2. The summed E-state index contributed by atoms with van der Waals surface area (Å²) in [6, 6.07) is 4.43. The van der Waals surface area contributed by atoms with E-state index in [1.165, 1.54) is 28.8 Å². The highest BCUT2D eigenvalue weighted by Gasteiger charge is 2.16. The number of thioether (sulfide) groups is 1. The fourth-order valence-corrected chi connectivity index (χ4v) is 3.09. The highest BCUT2D eigenvalue weighted by atomic mass is 35.5. The Morgan fingerprint density at radius 3 is 2.35 bits per heavy atom. The molecule has 0 saturated carbocycles. The van der Waals surface area contributed by atoms with Crippen LogP contribution in [0.25, 0.3) is 0 Å². The molecule has 2 amide bonds. The molecule has 0 fully saturated rings. The molecule has 1 rings (SSSR count). The fraction of sp³-hybridized carbons (Fsp3) is 0.500. The van der Waals surface area contributed by atoms with Gasteiger partial charge in [-0.25, -0.2) is 4.39 Å². The first-order chi connectivity index (χ1) is 10.9. The molecule has 0 aromatic heterocycles. The van der Waals surface area contributed by atoms with Crippen LogP contribution in [-0.2, 0) is 16.1 Å². The SMILES string of the molecule is CCN(CC)C(=O)CSCC(=O)N(C)Cc1c(F)cccc1Cl. The summed E-state index contributed by atoms with van der Waals surface area (Å²) in [4.78, 5) is 27.1. The number of carbonyl (C=O) groups is 2. The van der Waals surface area contributed by atoms with Gasteiger partial charge in [-0.1, -0.05) is 17.7 Å². The first-order valence-corrected chi connectivity index (χ1v) is 8.96. The minimum absolute atomic E-state index is 0.0209. The van der Waals surface area contributed by atoms with Crippen LogP contribution in [0.1, 0.15) is 19.4 Å². The Kier molecular flexibility index (Phi) is 8.41. The highest BCUT2D eigenvalue weighted by molar-refractivity contribution is 8.00. The van der Waals surface area contributed by atoms with Crippen LogP contribution < -0.4 is 0 Å². The van der Waals surface area contributed by atoms with Gasteiger partial charge in [0.1, 0.15) is 5.82 Å². The van der Waals surface area contributed by atoms with Crippen molar-refractivity contribution in [2.24, 2.45) is 0 Å². The topological polar surface area (TPSA) is 40.6 Å². The van der Waals surface area contributed by atoms with E-state index in [4.69, 9.17) is 11.6 Å². The summed E-state index contributed by atoms with van der Waals surface area (Å²) in [6.07, 6.45) is 0. The first-order valence-electron chi connectivity index (χ1n) is 7.43. The van der Waals surface area contributed by atoms with Gasteiger partial charge in [-0.2, -0.15) is 0 Å². The summed E-state index contributed by atoms with van der Waals surface area (Å²) in [6.45, 7) is 5.27. The van der Waals surface area contributed by atoms with Crippen LogP contribution in [0, 0.1) is 5.82 Å². The summed E-state index contributed by atoms with van der Waals surface area (Å²) >= 11 is 7.22. The lowest BCUT2D eigenvalue weighted by molar-refractivity contribution is -0.128. The fourth-order valence-electron chi connectivity index (χ4n) is 2.01. The molecule has 0 bridgehead atoms. The molecule has 1 aromatic rings. The van der Waals surface area contributed by atoms with Crippen LogP contribution in [0.2, 0.25) is 5.02 Å². The van der Waals surface area contributed by atoms with E-state index in [-0.39, 0.29) is 29.9 Å². The third kappa shape index (κ3) is 6.03. The third-order valence-corrected chi connectivity index (χ3v) is 4.71. The summed E-state index contributed by atoms with van der Waals surface area (Å²) in [5.74, 6) is -0.132. The molecule has 0 unspecified atom stereocenters. The van der Waals surface area contributed by atoms with Crippen molar-refractivity contribution in [3.8, 4) is 0 Å². The van der Waals surface area contributed by atoms with E-state index in [0.29, 0.717) is 23.7 Å². The quantitative estimate of drug-likeness (QED) is 0.715. The molecule has 7 heteroatoms. The largest absolute Gasteiger partial charge is 0.343 e. The van der Waals surface area contributed by atoms with Crippen molar-refractivity contribution in [1.82, 2.24) is 9.80 Å². The van der Waals surface area contributed by atoms with Crippen LogP contribution in [0.3, 0.4) is 0 Å². The minimum Gasteiger partial charge on any atom is -0.343 e. The monoisotopic (exact) mass is 360 g/mol. The van der Waals surface area contributed by atoms with Gasteiger partial charge in [0.05, 0.1) is 11.5 Å². The van der Waals surface area contributed by atoms with Crippen molar-refractivity contribution >= 4 is 35.2 Å². The molecule has 0 heterocycles. The van der Waals surface area contributed by atoms with Crippen LogP contribution in [-0.4, -0.2) is 53.3 Å². The second kappa shape index (κ2) is 9.78. The van der Waals surface area contributed by atoms with Crippen LogP contribution in [0.15, 0.2) is 18.2 Å². The van der Waals surface area contributed by atoms with E-state index in [1.54, 1.807) is 18.0 Å². The Balaban J connectivity index is 2.47. The molecule has 0 aliphatic carbocycles. The normalized spacial score (nSPS) is 10.5. The average Bonchev–Trinajstić information content (AvgIpc) is 2.52. The van der Waals surface area contributed by atoms with Gasteiger partial charge in [0, 0.05) is 37.3 Å². The lowest BCUT2D eigenvalue weighted by Crippen LogP contribution is -2.33. The molecule has 0 spiro atoms. The van der Waals surface area contributed by atoms with Crippen molar-refractivity contribution in [3.63, 3.8) is 0 Å². The van der Waals surface area contributed by atoms with E-state index in [2.05, 4.69) is 0 Å². The molecule has 4 nitrogen and oxygen atoms in total. The van der Waals surface area contributed by atoms with Crippen molar-refractivity contribution < 1.29 is 14.0 Å². The minimum atomic E-state index is -0.429. The van der Waals surface area contributed by atoms with Gasteiger partial charge in [-0.05, 0) is 26.0 Å². The molecular formula is C16H22ClFN2O2S. The molecule has 0 aliphatic rings. The predicted octanol–water partition coefficient (Wildman–Crippen LogP) is 3.04. The Bertz CT molecular complexity index is 533. The van der Waals surface area contributed by atoms with E-state index in [9.17, 15) is 14.0 Å². The molecule has 23 heavy (non-hydrogen) atoms. The maximum atomic E-state index is 13.7. The maximum Gasteiger partial charge on any atom is 0.232 e. The molecule has 128 valence electrons. The van der Waals surface area contributed by atoms with Gasteiger partial charge in [-0.15, -0.1) is 11.8 Å². The Morgan fingerprint density at radius 1 is 1.17 bits per heavy atom. The number of benzene rings is 1. The first kappa shape index (κ1) is 19.8. The van der Waals surface area contributed by atoms with E-state index >= 15 is 0 Å². The number of halogens is 2. The molecule has 1 aromatic carbocycles. The summed E-state index contributed by atoms with van der Waals surface area (Å²) < 4.78 is 13.7. The predicted molar refractivity (Wildman–Crippen MR) is 93.1 cm³/mol. The second-order valence-electron chi connectivity index (χ2n) is 5.01. The van der Waals surface area contributed by atoms with E-state index < -0.39 is 5.82 Å². The van der Waals surface area contributed by atoms with Gasteiger partial charge in [0.15, 0.2) is 0 Å². The van der Waals surface area contributed by atoms with Gasteiger partial charge in [-0.3, -0.25) is 9.59 Å². The number of rotatable bonds is 8. The average molecular weight is 361 g/mol. The zero-order valence-electron chi connectivity index (χ0n) is 13.6. The summed E-state index contributed by atoms with van der Waals surface area (Å²) in [5.41, 5.74) is 0.300. The molecule has 0 saturated heterocycles. The molecule has 0 radical (unpaired) electrons. The van der Waals surface area contributed by atoms with Crippen LogP contribution >= 0.6 is 23.4 Å². The Hall–Kier alpha value is -1.27. The molecule has 0 N–H and O–H groups in total. The molecule has 0 atom stereocenters. The van der Waals surface area contributed by atoms with Crippen LogP contribution in [0.5, 0.6) is 0 Å². The highest BCUT2D eigenvalue weighted by Crippen LogP contribution is 2.20. The summed E-state index contributed by atoms with van der Waals surface area (Å²) in [5, 5.41) is 0.300. The lowest BCUT2D eigenvalue weighted by Gasteiger charge is -2.20. The number of hydrogen-bond acceptors (Lipinski definition) is 3. The van der Waals surface area contributed by atoms with Gasteiger partial charge in [0.2, 0.25) is 11.8 Å². The van der Waals surface area contributed by atoms with E-state index in [0.717, 1.165) is 0 Å². The zero-order chi connectivity index (χ0) is 17.4. The lowest BCUT2D eigenvalue weighted by atomic mass is 10.2. The third-order valence-electron chi connectivity index (χ3n) is 3.45. The number of amides is 2. The summed E-state index contributed by atoms with van der Waals surface area (Å²) in [7, 11) is 1.60. The Labute approximate surface area is 146 Å². The Morgan fingerprint density at radius 2 is 1.78 bits per heavy atom. The van der Waals surface area contributed by atoms with Gasteiger partial charge in [0.25, 0.3) is 0 Å². The maximum absolute atomic E-state index is 13.7.